The van der Waals surface area contributed by atoms with Crippen LogP contribution in [0.2, 0.25) is 0 Å². The Hall–Kier alpha value is -1.89. The number of ketones is 2. The lowest BCUT2D eigenvalue weighted by Gasteiger charge is -2.11. The standard InChI is InChI=1S/C19H26O4/c1-2-8-16(20)13-11-15-12-14-18(21)17(15)9-6-4-3-5-7-10-19(22)23/h11,13,15,17H,2-3,5,7-10,12,14H2,1H3,(H,22,23)/b13-11+. The fourth-order valence-corrected chi connectivity index (χ4v) is 2.75. The molecule has 0 heterocycles. The van der Waals surface area contributed by atoms with Crippen LogP contribution < -0.4 is 0 Å². The van der Waals surface area contributed by atoms with Gasteiger partial charge in [0.15, 0.2) is 5.78 Å². The van der Waals surface area contributed by atoms with E-state index in [4.69, 9.17) is 5.11 Å². The molecule has 4 heteroatoms. The second-order valence-corrected chi connectivity index (χ2v) is 6.01. The zero-order chi connectivity index (χ0) is 17.1. The van der Waals surface area contributed by atoms with Gasteiger partial charge in [-0.2, -0.15) is 0 Å². The summed E-state index contributed by atoms with van der Waals surface area (Å²) in [7, 11) is 0. The third kappa shape index (κ3) is 7.78. The summed E-state index contributed by atoms with van der Waals surface area (Å²) in [5.74, 6) is 5.70. The van der Waals surface area contributed by atoms with Gasteiger partial charge in [0, 0.05) is 38.0 Å². The number of allylic oxidation sites excluding steroid dienone is 2. The molecule has 2 unspecified atom stereocenters. The predicted molar refractivity (Wildman–Crippen MR) is 88.8 cm³/mol. The van der Waals surface area contributed by atoms with Crippen molar-refractivity contribution in [2.24, 2.45) is 11.8 Å². The molecule has 0 aliphatic heterocycles. The molecule has 1 saturated carbocycles. The number of carbonyl (C=O) groups excluding carboxylic acids is 2. The SMILES string of the molecule is CCCC(=O)/C=C/C1CCC(=O)C1CC#CCCCCC(=O)O. The maximum absolute atomic E-state index is 11.9. The molecular weight excluding hydrogens is 292 g/mol. The van der Waals surface area contributed by atoms with Gasteiger partial charge in [-0.3, -0.25) is 14.4 Å². The van der Waals surface area contributed by atoms with Gasteiger partial charge in [-0.05, 0) is 37.7 Å². The summed E-state index contributed by atoms with van der Waals surface area (Å²) in [6, 6.07) is 0. The molecule has 1 fully saturated rings. The third-order valence-electron chi connectivity index (χ3n) is 4.07. The van der Waals surface area contributed by atoms with Gasteiger partial charge in [0.1, 0.15) is 5.78 Å². The van der Waals surface area contributed by atoms with Crippen molar-refractivity contribution in [3.8, 4) is 11.8 Å². The molecule has 126 valence electrons. The van der Waals surface area contributed by atoms with Gasteiger partial charge in [0.25, 0.3) is 0 Å². The molecule has 0 aromatic carbocycles. The molecule has 0 amide bonds. The van der Waals surface area contributed by atoms with Gasteiger partial charge in [-0.25, -0.2) is 0 Å². The molecule has 0 aromatic rings. The van der Waals surface area contributed by atoms with Gasteiger partial charge in [-0.1, -0.05) is 13.0 Å². The molecule has 0 bridgehead atoms. The van der Waals surface area contributed by atoms with Crippen LogP contribution >= 0.6 is 0 Å². The Morgan fingerprint density at radius 2 is 2.04 bits per heavy atom. The van der Waals surface area contributed by atoms with Crippen LogP contribution in [0.25, 0.3) is 0 Å². The highest BCUT2D eigenvalue weighted by atomic mass is 16.4. The Balaban J connectivity index is 2.39. The van der Waals surface area contributed by atoms with E-state index in [2.05, 4.69) is 11.8 Å². The van der Waals surface area contributed by atoms with E-state index < -0.39 is 5.97 Å². The molecule has 1 rings (SSSR count). The number of hydrogen-bond donors (Lipinski definition) is 1. The topological polar surface area (TPSA) is 71.4 Å². The van der Waals surface area contributed by atoms with Crippen LogP contribution in [0.15, 0.2) is 12.2 Å². The molecule has 1 N–H and O–H groups in total. The Labute approximate surface area is 138 Å². The van der Waals surface area contributed by atoms with Gasteiger partial charge < -0.3 is 5.11 Å². The fraction of sp³-hybridized carbons (Fsp3) is 0.632. The first-order valence-corrected chi connectivity index (χ1v) is 8.45. The molecule has 23 heavy (non-hydrogen) atoms. The van der Waals surface area contributed by atoms with E-state index in [1.54, 1.807) is 6.08 Å². The smallest absolute Gasteiger partial charge is 0.303 e. The predicted octanol–water partition coefficient (Wildman–Crippen LogP) is 3.55. The second-order valence-electron chi connectivity index (χ2n) is 6.01. The molecule has 1 aliphatic rings. The highest BCUT2D eigenvalue weighted by Crippen LogP contribution is 2.32. The minimum atomic E-state index is -0.776. The number of rotatable bonds is 9. The lowest BCUT2D eigenvalue weighted by atomic mass is 9.91. The molecule has 4 nitrogen and oxygen atoms in total. The minimum Gasteiger partial charge on any atom is -0.481 e. The highest BCUT2D eigenvalue weighted by molar-refractivity contribution is 5.90. The fourth-order valence-electron chi connectivity index (χ4n) is 2.75. The quantitative estimate of drug-likeness (QED) is 0.401. The van der Waals surface area contributed by atoms with Gasteiger partial charge in [-0.15, -0.1) is 11.8 Å². The van der Waals surface area contributed by atoms with E-state index in [0.717, 1.165) is 19.3 Å². The Kier molecular flexibility index (Phi) is 8.97. The van der Waals surface area contributed by atoms with Crippen LogP contribution in [0, 0.1) is 23.7 Å². The average molecular weight is 318 g/mol. The van der Waals surface area contributed by atoms with Crippen molar-refractivity contribution in [1.29, 1.82) is 0 Å². The summed E-state index contributed by atoms with van der Waals surface area (Å²) in [6.45, 7) is 1.97. The Morgan fingerprint density at radius 3 is 2.74 bits per heavy atom. The summed E-state index contributed by atoms with van der Waals surface area (Å²) < 4.78 is 0. The largest absolute Gasteiger partial charge is 0.481 e. The van der Waals surface area contributed by atoms with Crippen LogP contribution in [0.5, 0.6) is 0 Å². The van der Waals surface area contributed by atoms with Crippen molar-refractivity contribution in [2.75, 3.05) is 0 Å². The molecule has 2 atom stereocenters. The Morgan fingerprint density at radius 1 is 1.26 bits per heavy atom. The van der Waals surface area contributed by atoms with Crippen molar-refractivity contribution >= 4 is 17.5 Å². The van der Waals surface area contributed by atoms with Crippen molar-refractivity contribution in [3.63, 3.8) is 0 Å². The van der Waals surface area contributed by atoms with Gasteiger partial charge in [0.2, 0.25) is 0 Å². The monoisotopic (exact) mass is 318 g/mol. The van der Waals surface area contributed by atoms with E-state index in [-0.39, 0.29) is 29.8 Å². The zero-order valence-corrected chi connectivity index (χ0v) is 13.8. The summed E-state index contributed by atoms with van der Waals surface area (Å²) in [5.41, 5.74) is 0. The number of Topliss-reactive ketones (excluding diaryl/α,β-unsaturated/α-hetero) is 1. The average Bonchev–Trinajstić information content (AvgIpc) is 2.85. The molecule has 1 aliphatic carbocycles. The summed E-state index contributed by atoms with van der Waals surface area (Å²) in [4.78, 5) is 33.9. The first kappa shape index (κ1) is 19.2. The van der Waals surface area contributed by atoms with Crippen LogP contribution in [-0.2, 0) is 14.4 Å². The first-order valence-electron chi connectivity index (χ1n) is 8.45. The van der Waals surface area contributed by atoms with Gasteiger partial charge in [0.05, 0.1) is 0 Å². The van der Waals surface area contributed by atoms with Crippen LogP contribution in [0.1, 0.15) is 64.7 Å². The molecule has 0 aromatic heterocycles. The summed E-state index contributed by atoms with van der Waals surface area (Å²) >= 11 is 0. The Bertz CT molecular complexity index is 507. The number of hydrogen-bond acceptors (Lipinski definition) is 3. The second kappa shape index (κ2) is 10.8. The molecule has 0 saturated heterocycles. The lowest BCUT2D eigenvalue weighted by Crippen LogP contribution is -2.12. The lowest BCUT2D eigenvalue weighted by molar-refractivity contribution is -0.137. The van der Waals surface area contributed by atoms with E-state index >= 15 is 0 Å². The number of carboxylic acid groups (broad SMARTS) is 1. The zero-order valence-electron chi connectivity index (χ0n) is 13.8. The van der Waals surface area contributed by atoms with Gasteiger partial charge >= 0.3 is 5.97 Å². The minimum absolute atomic E-state index is 0.0906. The maximum atomic E-state index is 11.9. The molecule has 0 spiro atoms. The van der Waals surface area contributed by atoms with Crippen molar-refractivity contribution < 1.29 is 19.5 Å². The van der Waals surface area contributed by atoms with E-state index in [0.29, 0.717) is 32.1 Å². The van der Waals surface area contributed by atoms with Crippen molar-refractivity contribution in [2.45, 2.75) is 64.7 Å². The van der Waals surface area contributed by atoms with Crippen LogP contribution in [0.4, 0.5) is 0 Å². The number of aliphatic carboxylic acids is 1. The molecular formula is C19H26O4. The number of carbonyl (C=O) groups is 3. The first-order chi connectivity index (χ1) is 11.0. The number of unbranched alkanes of at least 4 members (excludes halogenated alkanes) is 2. The van der Waals surface area contributed by atoms with Crippen molar-refractivity contribution in [3.05, 3.63) is 12.2 Å². The van der Waals surface area contributed by atoms with E-state index in [9.17, 15) is 14.4 Å². The number of carboxylic acids is 1. The van der Waals surface area contributed by atoms with E-state index in [1.165, 1.54) is 0 Å². The summed E-state index contributed by atoms with van der Waals surface area (Å²) in [5, 5.41) is 8.54. The van der Waals surface area contributed by atoms with E-state index in [1.807, 2.05) is 13.0 Å². The molecule has 0 radical (unpaired) electrons. The summed E-state index contributed by atoms with van der Waals surface area (Å²) in [6.07, 6.45) is 9.08. The van der Waals surface area contributed by atoms with Crippen LogP contribution in [0.3, 0.4) is 0 Å². The highest BCUT2D eigenvalue weighted by Gasteiger charge is 2.32. The van der Waals surface area contributed by atoms with Crippen molar-refractivity contribution in [1.82, 2.24) is 0 Å². The normalized spacial score (nSPS) is 20.5. The van der Waals surface area contributed by atoms with Crippen LogP contribution in [-0.4, -0.2) is 22.6 Å². The maximum Gasteiger partial charge on any atom is 0.303 e. The third-order valence-corrected chi connectivity index (χ3v) is 4.07.